The van der Waals surface area contributed by atoms with Crippen molar-refractivity contribution in [3.63, 3.8) is 0 Å². The number of hydrogen-bond donors (Lipinski definition) is 2. The number of rotatable bonds is 33. The fraction of sp³-hybridized carbons (Fsp3) is 0.805. The Kier molecular flexibility index (Phi) is 28.8. The van der Waals surface area contributed by atoms with E-state index in [0.29, 0.717) is 36.6 Å². The minimum atomic E-state index is -0.112. The molecule has 0 atom stereocenters. The molecular weight excluding hydrogens is 568 g/mol. The minimum Gasteiger partial charge on any atom is -0.493 e. The van der Waals surface area contributed by atoms with Crippen molar-refractivity contribution < 1.29 is 14.3 Å². The third kappa shape index (κ3) is 23.3. The van der Waals surface area contributed by atoms with Gasteiger partial charge in [-0.1, -0.05) is 175 Å². The third-order valence-corrected chi connectivity index (χ3v) is 9.13. The molecule has 2 amide bonds. The highest BCUT2D eigenvalue weighted by atomic mass is 16.5. The predicted molar refractivity (Wildman–Crippen MR) is 198 cm³/mol. The summed E-state index contributed by atoms with van der Waals surface area (Å²) in [4.78, 5) is 26.0. The number of hydrogen-bond acceptors (Lipinski definition) is 3. The van der Waals surface area contributed by atoms with E-state index < -0.39 is 0 Å². The highest BCUT2D eigenvalue weighted by Gasteiger charge is 2.16. The van der Waals surface area contributed by atoms with Crippen molar-refractivity contribution in [2.24, 2.45) is 0 Å². The second-order valence-electron chi connectivity index (χ2n) is 13.6. The molecule has 0 aliphatic carbocycles. The molecule has 0 heterocycles. The molecule has 0 fully saturated rings. The van der Waals surface area contributed by atoms with E-state index in [9.17, 15) is 9.59 Å². The first-order chi connectivity index (χ1) is 22.6. The first-order valence-corrected chi connectivity index (χ1v) is 20.0. The fourth-order valence-electron chi connectivity index (χ4n) is 6.04. The van der Waals surface area contributed by atoms with Gasteiger partial charge in [0.25, 0.3) is 11.8 Å². The second kappa shape index (κ2) is 31.6. The predicted octanol–water partition coefficient (Wildman–Crippen LogP) is 12.1. The van der Waals surface area contributed by atoms with E-state index in [1.54, 1.807) is 18.2 Å². The highest BCUT2D eigenvalue weighted by molar-refractivity contribution is 6.00. The summed E-state index contributed by atoms with van der Waals surface area (Å²) < 4.78 is 6.17. The normalized spacial score (nSPS) is 11.1. The number of carbonyl (C=O) groups is 2. The van der Waals surface area contributed by atoms with Crippen LogP contribution in [0.2, 0.25) is 0 Å². The second-order valence-corrected chi connectivity index (χ2v) is 13.6. The molecule has 2 N–H and O–H groups in total. The summed E-state index contributed by atoms with van der Waals surface area (Å²) >= 11 is 0. The number of nitrogens with one attached hydrogen (secondary N) is 2. The van der Waals surface area contributed by atoms with Crippen molar-refractivity contribution in [3.8, 4) is 5.75 Å². The van der Waals surface area contributed by atoms with Crippen LogP contribution in [0, 0.1) is 0 Å². The lowest BCUT2D eigenvalue weighted by Gasteiger charge is -2.14. The Morgan fingerprint density at radius 3 is 1.28 bits per heavy atom. The maximum Gasteiger partial charge on any atom is 0.255 e. The number of carbonyl (C=O) groups excluding carboxylic acids is 2. The Labute approximate surface area is 285 Å². The van der Waals surface area contributed by atoms with Gasteiger partial charge < -0.3 is 15.4 Å². The zero-order valence-electron chi connectivity index (χ0n) is 30.7. The highest BCUT2D eigenvalue weighted by Crippen LogP contribution is 2.22. The molecular formula is C41H74N2O3. The average molecular weight is 643 g/mol. The van der Waals surface area contributed by atoms with E-state index in [1.165, 1.54) is 135 Å². The molecule has 5 nitrogen and oxygen atoms in total. The SMILES string of the molecule is CCCCCCCCCCCCCCCCCOc1cc(C(=O)NCCCCCCCC)ccc1C(=O)NCCCCCCCC. The number of amides is 2. The van der Waals surface area contributed by atoms with Crippen molar-refractivity contribution >= 4 is 11.8 Å². The lowest BCUT2D eigenvalue weighted by molar-refractivity contribution is 0.0937. The monoisotopic (exact) mass is 643 g/mol. The fourth-order valence-corrected chi connectivity index (χ4v) is 6.04. The quantitative estimate of drug-likeness (QED) is 0.0750. The van der Waals surface area contributed by atoms with E-state index in [1.807, 2.05) is 0 Å². The number of benzene rings is 1. The lowest BCUT2D eigenvalue weighted by Crippen LogP contribution is -2.26. The molecule has 0 unspecified atom stereocenters. The van der Waals surface area contributed by atoms with Crippen LogP contribution in [0.4, 0.5) is 0 Å². The first-order valence-electron chi connectivity index (χ1n) is 20.0. The maximum absolute atomic E-state index is 13.1. The van der Waals surface area contributed by atoms with Gasteiger partial charge in [-0.25, -0.2) is 0 Å². The van der Waals surface area contributed by atoms with Crippen LogP contribution < -0.4 is 15.4 Å². The van der Waals surface area contributed by atoms with Crippen LogP contribution in [0.25, 0.3) is 0 Å². The van der Waals surface area contributed by atoms with E-state index in [0.717, 1.165) is 38.5 Å². The third-order valence-electron chi connectivity index (χ3n) is 9.13. The number of unbranched alkanes of at least 4 members (excludes halogenated alkanes) is 24. The van der Waals surface area contributed by atoms with Crippen molar-refractivity contribution in [2.75, 3.05) is 19.7 Å². The molecule has 0 radical (unpaired) electrons. The van der Waals surface area contributed by atoms with Gasteiger partial charge in [0.05, 0.1) is 12.2 Å². The summed E-state index contributed by atoms with van der Waals surface area (Å²) in [7, 11) is 0. The summed E-state index contributed by atoms with van der Waals surface area (Å²) in [6, 6.07) is 5.29. The van der Waals surface area contributed by atoms with Gasteiger partial charge in [0.1, 0.15) is 5.75 Å². The van der Waals surface area contributed by atoms with Gasteiger partial charge >= 0.3 is 0 Å². The van der Waals surface area contributed by atoms with Gasteiger partial charge in [0.2, 0.25) is 0 Å². The largest absolute Gasteiger partial charge is 0.493 e. The zero-order chi connectivity index (χ0) is 33.3. The summed E-state index contributed by atoms with van der Waals surface area (Å²) in [6.45, 7) is 8.65. The molecule has 1 rings (SSSR count). The summed E-state index contributed by atoms with van der Waals surface area (Å²) in [6.07, 6.45) is 34.2. The van der Waals surface area contributed by atoms with Crippen LogP contribution >= 0.6 is 0 Å². The van der Waals surface area contributed by atoms with Crippen molar-refractivity contribution in [1.29, 1.82) is 0 Å². The Morgan fingerprint density at radius 2 is 0.848 bits per heavy atom. The molecule has 0 aliphatic heterocycles. The Morgan fingerprint density at radius 1 is 0.478 bits per heavy atom. The van der Waals surface area contributed by atoms with E-state index >= 15 is 0 Å². The molecule has 5 heteroatoms. The summed E-state index contributed by atoms with van der Waals surface area (Å²) in [5, 5.41) is 6.14. The molecule has 0 spiro atoms. The van der Waals surface area contributed by atoms with Gasteiger partial charge in [0.15, 0.2) is 0 Å². The lowest BCUT2D eigenvalue weighted by atomic mass is 10.0. The summed E-state index contributed by atoms with van der Waals surface area (Å²) in [5.74, 6) is 0.321. The van der Waals surface area contributed by atoms with Crippen LogP contribution in [0.3, 0.4) is 0 Å². The first kappa shape index (κ1) is 42.0. The standard InChI is InChI=1S/C41H74N2O3/c1-4-7-10-13-16-17-18-19-20-21-22-23-24-27-30-35-46-39-36-37(40(44)42-33-28-25-14-11-8-5-2)31-32-38(39)41(45)43-34-29-26-15-12-9-6-3/h31-32,36H,4-30,33-35H2,1-3H3,(H,42,44)(H,43,45). The Balaban J connectivity index is 2.43. The van der Waals surface area contributed by atoms with Crippen LogP contribution in [0.1, 0.15) is 215 Å². The molecule has 0 saturated carbocycles. The molecule has 0 bridgehead atoms. The molecule has 0 aromatic heterocycles. The molecule has 266 valence electrons. The summed E-state index contributed by atoms with van der Waals surface area (Å²) in [5.41, 5.74) is 1.09. The van der Waals surface area contributed by atoms with Gasteiger partial charge in [0, 0.05) is 18.7 Å². The maximum atomic E-state index is 13.1. The van der Waals surface area contributed by atoms with Crippen LogP contribution in [-0.4, -0.2) is 31.5 Å². The van der Waals surface area contributed by atoms with Crippen molar-refractivity contribution in [2.45, 2.75) is 194 Å². The molecule has 0 aliphatic rings. The molecule has 46 heavy (non-hydrogen) atoms. The van der Waals surface area contributed by atoms with Crippen molar-refractivity contribution in [3.05, 3.63) is 29.3 Å². The van der Waals surface area contributed by atoms with E-state index in [2.05, 4.69) is 31.4 Å². The smallest absolute Gasteiger partial charge is 0.255 e. The van der Waals surface area contributed by atoms with E-state index in [-0.39, 0.29) is 11.8 Å². The van der Waals surface area contributed by atoms with Crippen LogP contribution in [-0.2, 0) is 0 Å². The number of ether oxygens (including phenoxy) is 1. The van der Waals surface area contributed by atoms with Crippen LogP contribution in [0.15, 0.2) is 18.2 Å². The molecule has 0 saturated heterocycles. The van der Waals surface area contributed by atoms with Gasteiger partial charge in [-0.2, -0.15) is 0 Å². The van der Waals surface area contributed by atoms with E-state index in [4.69, 9.17) is 4.74 Å². The average Bonchev–Trinajstić information content (AvgIpc) is 3.07. The Hall–Kier alpha value is -2.04. The zero-order valence-corrected chi connectivity index (χ0v) is 30.7. The van der Waals surface area contributed by atoms with Gasteiger partial charge in [-0.15, -0.1) is 0 Å². The molecule has 1 aromatic rings. The molecule has 1 aromatic carbocycles. The Bertz CT molecular complexity index is 856. The minimum absolute atomic E-state index is 0.0931. The van der Waals surface area contributed by atoms with Gasteiger partial charge in [-0.3, -0.25) is 9.59 Å². The van der Waals surface area contributed by atoms with Crippen molar-refractivity contribution in [1.82, 2.24) is 10.6 Å². The van der Waals surface area contributed by atoms with Gasteiger partial charge in [-0.05, 0) is 37.5 Å². The topological polar surface area (TPSA) is 67.4 Å². The van der Waals surface area contributed by atoms with Crippen LogP contribution in [0.5, 0.6) is 5.75 Å².